The van der Waals surface area contributed by atoms with Gasteiger partial charge >= 0.3 is 0 Å². The van der Waals surface area contributed by atoms with Crippen LogP contribution in [0.5, 0.6) is 0 Å². The molecule has 0 spiro atoms. The lowest BCUT2D eigenvalue weighted by Crippen LogP contribution is -2.39. The van der Waals surface area contributed by atoms with Crippen LogP contribution in [0.4, 0.5) is 0 Å². The van der Waals surface area contributed by atoms with Crippen LogP contribution in [0.25, 0.3) is 0 Å². The second-order valence-corrected chi connectivity index (χ2v) is 7.13. The molecular formula is C19H31N. The van der Waals surface area contributed by atoms with Crippen LogP contribution in [-0.4, -0.2) is 12.6 Å². The van der Waals surface area contributed by atoms with Crippen LogP contribution in [0.15, 0.2) is 30.3 Å². The monoisotopic (exact) mass is 273 g/mol. The van der Waals surface area contributed by atoms with Crippen molar-refractivity contribution in [2.24, 2.45) is 17.8 Å². The summed E-state index contributed by atoms with van der Waals surface area (Å²) in [5.41, 5.74) is 1.48. The number of benzene rings is 1. The standard InChI is InChI=1S/C19H31N/c1-14(2)19(17-8-6-5-7-9-17)13-20-18-11-10-15(3)16(4)12-18/h5-9,14-16,18-20H,10-13H2,1-4H3. The van der Waals surface area contributed by atoms with E-state index in [1.54, 1.807) is 0 Å². The fourth-order valence-corrected chi connectivity index (χ4v) is 3.47. The van der Waals surface area contributed by atoms with E-state index in [1.807, 2.05) is 0 Å². The Balaban J connectivity index is 1.90. The molecule has 1 aliphatic carbocycles. The Hall–Kier alpha value is -0.820. The van der Waals surface area contributed by atoms with E-state index in [0.717, 1.165) is 24.4 Å². The van der Waals surface area contributed by atoms with Crippen LogP contribution in [0.2, 0.25) is 0 Å². The van der Waals surface area contributed by atoms with Gasteiger partial charge in [0.15, 0.2) is 0 Å². The minimum Gasteiger partial charge on any atom is -0.313 e. The molecule has 1 aromatic rings. The molecule has 4 atom stereocenters. The third kappa shape index (κ3) is 4.09. The molecule has 1 aliphatic rings. The Labute approximate surface area is 125 Å². The Bertz CT molecular complexity index is 384. The first kappa shape index (κ1) is 15.6. The van der Waals surface area contributed by atoms with Gasteiger partial charge in [-0.15, -0.1) is 0 Å². The summed E-state index contributed by atoms with van der Waals surface area (Å²) in [7, 11) is 0. The fourth-order valence-electron chi connectivity index (χ4n) is 3.47. The first-order valence-electron chi connectivity index (χ1n) is 8.36. The van der Waals surface area contributed by atoms with Gasteiger partial charge in [0, 0.05) is 12.6 Å². The highest BCUT2D eigenvalue weighted by atomic mass is 14.9. The first-order valence-corrected chi connectivity index (χ1v) is 8.36. The van der Waals surface area contributed by atoms with Gasteiger partial charge in [-0.1, -0.05) is 58.0 Å². The molecule has 112 valence electrons. The highest BCUT2D eigenvalue weighted by molar-refractivity contribution is 5.20. The van der Waals surface area contributed by atoms with Crippen molar-refractivity contribution in [3.8, 4) is 0 Å². The van der Waals surface area contributed by atoms with Gasteiger partial charge in [-0.05, 0) is 48.5 Å². The zero-order valence-corrected chi connectivity index (χ0v) is 13.6. The Morgan fingerprint density at radius 2 is 1.75 bits per heavy atom. The molecule has 0 radical (unpaired) electrons. The molecular weight excluding hydrogens is 242 g/mol. The van der Waals surface area contributed by atoms with E-state index in [2.05, 4.69) is 63.3 Å². The van der Waals surface area contributed by atoms with E-state index in [4.69, 9.17) is 0 Å². The van der Waals surface area contributed by atoms with Gasteiger partial charge in [-0.2, -0.15) is 0 Å². The largest absolute Gasteiger partial charge is 0.313 e. The average molecular weight is 273 g/mol. The van der Waals surface area contributed by atoms with E-state index in [-0.39, 0.29) is 0 Å². The Kier molecular flexibility index (Phi) is 5.65. The molecule has 0 aliphatic heterocycles. The van der Waals surface area contributed by atoms with Crippen molar-refractivity contribution in [2.75, 3.05) is 6.54 Å². The summed E-state index contributed by atoms with van der Waals surface area (Å²) in [6, 6.07) is 11.7. The van der Waals surface area contributed by atoms with Gasteiger partial charge in [0.05, 0.1) is 0 Å². The van der Waals surface area contributed by atoms with Gasteiger partial charge in [0.25, 0.3) is 0 Å². The maximum Gasteiger partial charge on any atom is 0.00700 e. The highest BCUT2D eigenvalue weighted by Crippen LogP contribution is 2.30. The summed E-state index contributed by atoms with van der Waals surface area (Å²) in [5.74, 6) is 3.09. The summed E-state index contributed by atoms with van der Waals surface area (Å²) in [6.45, 7) is 10.6. The van der Waals surface area contributed by atoms with Crippen molar-refractivity contribution in [3.63, 3.8) is 0 Å². The first-order chi connectivity index (χ1) is 9.58. The number of hydrogen-bond acceptors (Lipinski definition) is 1. The molecule has 0 heterocycles. The minimum absolute atomic E-state index is 0.630. The highest BCUT2D eigenvalue weighted by Gasteiger charge is 2.25. The summed E-state index contributed by atoms with van der Waals surface area (Å²) >= 11 is 0. The van der Waals surface area contributed by atoms with Gasteiger partial charge in [-0.3, -0.25) is 0 Å². The average Bonchev–Trinajstić information content (AvgIpc) is 2.44. The third-order valence-corrected chi connectivity index (χ3v) is 5.26. The lowest BCUT2D eigenvalue weighted by molar-refractivity contribution is 0.222. The van der Waals surface area contributed by atoms with Gasteiger partial charge in [0.1, 0.15) is 0 Å². The summed E-state index contributed by atoms with van der Waals surface area (Å²) in [4.78, 5) is 0. The van der Waals surface area contributed by atoms with Gasteiger partial charge in [0.2, 0.25) is 0 Å². The molecule has 4 unspecified atom stereocenters. The Morgan fingerprint density at radius 1 is 1.05 bits per heavy atom. The molecule has 0 saturated heterocycles. The van der Waals surface area contributed by atoms with E-state index in [0.29, 0.717) is 11.8 Å². The Morgan fingerprint density at radius 3 is 2.35 bits per heavy atom. The van der Waals surface area contributed by atoms with Crippen molar-refractivity contribution >= 4 is 0 Å². The molecule has 1 aromatic carbocycles. The molecule has 1 saturated carbocycles. The predicted octanol–water partition coefficient (Wildman–Crippen LogP) is 4.84. The summed E-state index contributed by atoms with van der Waals surface area (Å²) < 4.78 is 0. The van der Waals surface area contributed by atoms with E-state index >= 15 is 0 Å². The smallest absolute Gasteiger partial charge is 0.00700 e. The molecule has 0 aromatic heterocycles. The molecule has 20 heavy (non-hydrogen) atoms. The molecule has 0 amide bonds. The molecule has 1 heteroatoms. The second-order valence-electron chi connectivity index (χ2n) is 7.13. The molecule has 0 bridgehead atoms. The van der Waals surface area contributed by atoms with E-state index in [9.17, 15) is 0 Å². The van der Waals surface area contributed by atoms with E-state index < -0.39 is 0 Å². The van der Waals surface area contributed by atoms with Crippen LogP contribution in [0.1, 0.15) is 58.4 Å². The third-order valence-electron chi connectivity index (χ3n) is 5.26. The lowest BCUT2D eigenvalue weighted by atomic mass is 9.79. The second kappa shape index (κ2) is 7.26. The molecule has 1 nitrogen and oxygen atoms in total. The van der Waals surface area contributed by atoms with Crippen molar-refractivity contribution < 1.29 is 0 Å². The van der Waals surface area contributed by atoms with Crippen molar-refractivity contribution in [2.45, 2.75) is 58.9 Å². The van der Waals surface area contributed by atoms with Gasteiger partial charge < -0.3 is 5.32 Å². The number of rotatable bonds is 5. The van der Waals surface area contributed by atoms with Crippen LogP contribution >= 0.6 is 0 Å². The van der Waals surface area contributed by atoms with Crippen LogP contribution in [0, 0.1) is 17.8 Å². The predicted molar refractivity (Wildman–Crippen MR) is 88.0 cm³/mol. The summed E-state index contributed by atoms with van der Waals surface area (Å²) in [6.07, 6.45) is 4.09. The van der Waals surface area contributed by atoms with Crippen LogP contribution in [0.3, 0.4) is 0 Å². The van der Waals surface area contributed by atoms with Crippen LogP contribution < -0.4 is 5.32 Å². The van der Waals surface area contributed by atoms with Crippen LogP contribution in [-0.2, 0) is 0 Å². The fraction of sp³-hybridized carbons (Fsp3) is 0.684. The summed E-state index contributed by atoms with van der Waals surface area (Å²) in [5, 5.41) is 3.85. The molecule has 1 fully saturated rings. The molecule has 2 rings (SSSR count). The van der Waals surface area contributed by atoms with Crippen molar-refractivity contribution in [3.05, 3.63) is 35.9 Å². The number of nitrogens with one attached hydrogen (secondary N) is 1. The maximum absolute atomic E-state index is 3.85. The lowest BCUT2D eigenvalue weighted by Gasteiger charge is -2.34. The minimum atomic E-state index is 0.630. The quantitative estimate of drug-likeness (QED) is 0.809. The molecule has 1 N–H and O–H groups in total. The maximum atomic E-state index is 3.85. The van der Waals surface area contributed by atoms with Crippen molar-refractivity contribution in [1.82, 2.24) is 5.32 Å². The normalized spacial score (nSPS) is 28.6. The topological polar surface area (TPSA) is 12.0 Å². The number of hydrogen-bond donors (Lipinski definition) is 1. The van der Waals surface area contributed by atoms with E-state index in [1.165, 1.54) is 24.8 Å². The van der Waals surface area contributed by atoms with Gasteiger partial charge in [-0.25, -0.2) is 0 Å². The SMILES string of the molecule is CC(C)C(CNC1CCC(C)C(C)C1)c1ccccc1. The zero-order valence-electron chi connectivity index (χ0n) is 13.6. The van der Waals surface area contributed by atoms with Crippen molar-refractivity contribution in [1.29, 1.82) is 0 Å². The zero-order chi connectivity index (χ0) is 14.5.